The number of rotatable bonds is 2. The summed E-state index contributed by atoms with van der Waals surface area (Å²) in [7, 11) is 1.26. The van der Waals surface area contributed by atoms with Gasteiger partial charge in [-0.2, -0.15) is 13.2 Å². The third-order valence-electron chi connectivity index (χ3n) is 3.83. The van der Waals surface area contributed by atoms with Crippen LogP contribution in [0.4, 0.5) is 23.2 Å². The summed E-state index contributed by atoms with van der Waals surface area (Å²) in [5, 5.41) is 2.12. The van der Waals surface area contributed by atoms with Gasteiger partial charge < -0.3 is 10.1 Å². The summed E-state index contributed by atoms with van der Waals surface area (Å²) in [6.45, 7) is 0. The highest BCUT2D eigenvalue weighted by Crippen LogP contribution is 2.51. The molecule has 0 saturated heterocycles. The fraction of sp³-hybridized carbons (Fsp3) is 0.188. The van der Waals surface area contributed by atoms with Crippen molar-refractivity contribution in [3.8, 4) is 5.75 Å². The SMILES string of the molecule is COc1ccc(Cl)cc1C1(F)C(=O)Nc2c(C(F)(F)F)cccc21. The van der Waals surface area contributed by atoms with Gasteiger partial charge in [-0.15, -0.1) is 0 Å². The van der Waals surface area contributed by atoms with E-state index in [0.717, 1.165) is 24.3 Å². The number of benzene rings is 2. The van der Waals surface area contributed by atoms with Crippen LogP contribution in [0.5, 0.6) is 5.75 Å². The maximum absolute atomic E-state index is 15.7. The Hall–Kier alpha value is -2.28. The Bertz CT molecular complexity index is 837. The minimum absolute atomic E-state index is 0.00214. The molecule has 0 fully saturated rings. The second-order valence-electron chi connectivity index (χ2n) is 5.18. The first-order valence-electron chi connectivity index (χ1n) is 6.74. The molecule has 1 aliphatic rings. The molecule has 126 valence electrons. The van der Waals surface area contributed by atoms with Crippen molar-refractivity contribution in [2.45, 2.75) is 11.8 Å². The highest BCUT2D eigenvalue weighted by atomic mass is 35.5. The number of para-hydroxylation sites is 1. The number of amides is 1. The summed E-state index contributed by atoms with van der Waals surface area (Å²) in [6.07, 6.45) is -4.73. The molecule has 0 spiro atoms. The predicted octanol–water partition coefficient (Wildman–Crippen LogP) is 4.53. The van der Waals surface area contributed by atoms with Gasteiger partial charge in [-0.1, -0.05) is 23.7 Å². The molecule has 1 unspecified atom stereocenters. The molecule has 24 heavy (non-hydrogen) atoms. The summed E-state index contributed by atoms with van der Waals surface area (Å²) in [4.78, 5) is 12.3. The molecule has 1 heterocycles. The Morgan fingerprint density at radius 3 is 2.50 bits per heavy atom. The lowest BCUT2D eigenvalue weighted by molar-refractivity contribution is -0.136. The van der Waals surface area contributed by atoms with Crippen LogP contribution in [0.1, 0.15) is 16.7 Å². The molecule has 0 bridgehead atoms. The van der Waals surface area contributed by atoms with Gasteiger partial charge in [0, 0.05) is 16.1 Å². The van der Waals surface area contributed by atoms with Crippen molar-refractivity contribution in [1.29, 1.82) is 0 Å². The van der Waals surface area contributed by atoms with E-state index < -0.39 is 34.6 Å². The molecule has 1 amide bonds. The van der Waals surface area contributed by atoms with Crippen LogP contribution in [0.3, 0.4) is 0 Å². The van der Waals surface area contributed by atoms with Crippen LogP contribution in [0.15, 0.2) is 36.4 Å². The number of anilines is 1. The normalized spacial score (nSPS) is 19.8. The van der Waals surface area contributed by atoms with Crippen LogP contribution in [0.2, 0.25) is 5.02 Å². The number of carbonyl (C=O) groups excluding carboxylic acids is 1. The quantitative estimate of drug-likeness (QED) is 0.800. The molecule has 3 rings (SSSR count). The zero-order valence-electron chi connectivity index (χ0n) is 12.2. The zero-order chi connectivity index (χ0) is 17.7. The van der Waals surface area contributed by atoms with Gasteiger partial charge in [-0.3, -0.25) is 4.79 Å². The third-order valence-corrected chi connectivity index (χ3v) is 4.06. The maximum Gasteiger partial charge on any atom is 0.418 e. The number of alkyl halides is 4. The van der Waals surface area contributed by atoms with E-state index in [-0.39, 0.29) is 16.3 Å². The highest BCUT2D eigenvalue weighted by molar-refractivity contribution is 6.30. The van der Waals surface area contributed by atoms with E-state index in [0.29, 0.717) is 0 Å². The molecule has 0 saturated carbocycles. The fourth-order valence-corrected chi connectivity index (χ4v) is 2.92. The van der Waals surface area contributed by atoms with E-state index >= 15 is 4.39 Å². The Morgan fingerprint density at radius 1 is 1.17 bits per heavy atom. The summed E-state index contributed by atoms with van der Waals surface area (Å²) < 4.78 is 60.1. The summed E-state index contributed by atoms with van der Waals surface area (Å²) in [6, 6.07) is 6.89. The Morgan fingerprint density at radius 2 is 1.88 bits per heavy atom. The van der Waals surface area contributed by atoms with Crippen molar-refractivity contribution in [2.75, 3.05) is 12.4 Å². The molecule has 8 heteroatoms. The number of nitrogens with one attached hydrogen (secondary N) is 1. The van der Waals surface area contributed by atoms with Crippen molar-refractivity contribution < 1.29 is 27.1 Å². The number of hydrogen-bond donors (Lipinski definition) is 1. The topological polar surface area (TPSA) is 38.3 Å². The smallest absolute Gasteiger partial charge is 0.418 e. The number of carbonyl (C=O) groups is 1. The van der Waals surface area contributed by atoms with Crippen molar-refractivity contribution in [3.05, 3.63) is 58.1 Å². The number of ether oxygens (including phenoxy) is 1. The molecule has 2 aromatic carbocycles. The maximum atomic E-state index is 15.7. The second-order valence-corrected chi connectivity index (χ2v) is 5.62. The fourth-order valence-electron chi connectivity index (χ4n) is 2.75. The molecule has 0 radical (unpaired) electrons. The number of fused-ring (bicyclic) bond motifs is 1. The molecule has 3 nitrogen and oxygen atoms in total. The lowest BCUT2D eigenvalue weighted by Gasteiger charge is -2.21. The van der Waals surface area contributed by atoms with Gasteiger partial charge in [0.15, 0.2) is 0 Å². The van der Waals surface area contributed by atoms with E-state index in [9.17, 15) is 18.0 Å². The minimum atomic E-state index is -4.73. The van der Waals surface area contributed by atoms with E-state index in [2.05, 4.69) is 0 Å². The van der Waals surface area contributed by atoms with Crippen LogP contribution >= 0.6 is 11.6 Å². The summed E-state index contributed by atoms with van der Waals surface area (Å²) >= 11 is 5.86. The highest BCUT2D eigenvalue weighted by Gasteiger charge is 2.53. The van der Waals surface area contributed by atoms with Gasteiger partial charge >= 0.3 is 6.18 Å². The van der Waals surface area contributed by atoms with E-state index in [1.807, 2.05) is 5.32 Å². The zero-order valence-corrected chi connectivity index (χ0v) is 12.9. The molecule has 2 aromatic rings. The first kappa shape index (κ1) is 16.6. The monoisotopic (exact) mass is 359 g/mol. The first-order valence-corrected chi connectivity index (χ1v) is 7.12. The summed E-state index contributed by atoms with van der Waals surface area (Å²) in [5.41, 5.74) is -5.24. The average molecular weight is 360 g/mol. The van der Waals surface area contributed by atoms with Crippen LogP contribution in [0.25, 0.3) is 0 Å². The minimum Gasteiger partial charge on any atom is -0.496 e. The molecular formula is C16H10ClF4NO2. The van der Waals surface area contributed by atoms with Crippen molar-refractivity contribution in [3.63, 3.8) is 0 Å². The van der Waals surface area contributed by atoms with Gasteiger partial charge in [0.25, 0.3) is 5.91 Å². The molecule has 1 N–H and O–H groups in total. The van der Waals surface area contributed by atoms with E-state index in [1.165, 1.54) is 19.2 Å². The second kappa shape index (κ2) is 5.37. The van der Waals surface area contributed by atoms with Crippen LogP contribution < -0.4 is 10.1 Å². The Kier molecular flexibility index (Phi) is 3.71. The third kappa shape index (κ3) is 2.31. The van der Waals surface area contributed by atoms with Gasteiger partial charge in [0.2, 0.25) is 5.67 Å². The number of halogens is 5. The first-order chi connectivity index (χ1) is 11.2. The molecule has 0 aliphatic carbocycles. The van der Waals surface area contributed by atoms with Gasteiger partial charge in [-0.05, 0) is 24.3 Å². The average Bonchev–Trinajstić information content (AvgIpc) is 2.78. The van der Waals surface area contributed by atoms with Crippen molar-refractivity contribution >= 4 is 23.2 Å². The van der Waals surface area contributed by atoms with Crippen LogP contribution in [0, 0.1) is 0 Å². The van der Waals surface area contributed by atoms with Gasteiger partial charge in [0.05, 0.1) is 18.4 Å². The largest absolute Gasteiger partial charge is 0.496 e. The molecular weight excluding hydrogens is 350 g/mol. The van der Waals surface area contributed by atoms with E-state index in [1.54, 1.807) is 0 Å². The standard InChI is InChI=1S/C16H10ClF4NO2/c1-24-12-6-5-8(17)7-11(12)15(18)9-3-2-4-10(16(19,20)21)13(9)22-14(15)23/h2-7H,1H3,(H,22,23). The lowest BCUT2D eigenvalue weighted by Crippen LogP contribution is -2.31. The molecule has 0 aromatic heterocycles. The van der Waals surface area contributed by atoms with Gasteiger partial charge in [0.1, 0.15) is 5.75 Å². The summed E-state index contributed by atoms with van der Waals surface area (Å²) in [5.74, 6) is -1.22. The van der Waals surface area contributed by atoms with Crippen LogP contribution in [-0.2, 0) is 16.6 Å². The Labute approximate surface area is 139 Å². The number of methoxy groups -OCH3 is 1. The lowest BCUT2D eigenvalue weighted by atomic mass is 9.87. The molecule has 1 aliphatic heterocycles. The van der Waals surface area contributed by atoms with Gasteiger partial charge in [-0.25, -0.2) is 4.39 Å². The van der Waals surface area contributed by atoms with Crippen molar-refractivity contribution in [1.82, 2.24) is 0 Å². The van der Waals surface area contributed by atoms with E-state index in [4.69, 9.17) is 16.3 Å². The Balaban J connectivity index is 2.29. The number of hydrogen-bond acceptors (Lipinski definition) is 2. The van der Waals surface area contributed by atoms with Crippen molar-refractivity contribution in [2.24, 2.45) is 0 Å². The predicted molar refractivity (Wildman–Crippen MR) is 80.0 cm³/mol. The molecule has 1 atom stereocenters. The van der Waals surface area contributed by atoms with Crippen LogP contribution in [-0.4, -0.2) is 13.0 Å².